The number of carbonyl (C=O) groups excluding carboxylic acids is 1. The van der Waals surface area contributed by atoms with E-state index >= 15 is 4.39 Å². The predicted octanol–water partition coefficient (Wildman–Crippen LogP) is 5.05. The summed E-state index contributed by atoms with van der Waals surface area (Å²) in [6, 6.07) is 6.85. The first kappa shape index (κ1) is 18.0. The van der Waals surface area contributed by atoms with Gasteiger partial charge in [0.2, 0.25) is 0 Å². The summed E-state index contributed by atoms with van der Waals surface area (Å²) >= 11 is 0. The molecule has 1 unspecified atom stereocenters. The molecular formula is C19H19F3O2. The number of hydrogen-bond acceptors (Lipinski definition) is 2. The van der Waals surface area contributed by atoms with Crippen molar-refractivity contribution in [1.82, 2.24) is 0 Å². The van der Waals surface area contributed by atoms with Crippen molar-refractivity contribution in [3.8, 4) is 11.1 Å². The predicted molar refractivity (Wildman–Crippen MR) is 86.3 cm³/mol. The number of carbonyl (C=O) groups is 1. The fourth-order valence-corrected chi connectivity index (χ4v) is 2.73. The highest BCUT2D eigenvalue weighted by atomic mass is 19.2. The zero-order valence-electron chi connectivity index (χ0n) is 14.0. The van der Waals surface area contributed by atoms with Crippen molar-refractivity contribution in [3.05, 3.63) is 58.4 Å². The molecule has 0 N–H and O–H groups in total. The van der Waals surface area contributed by atoms with Gasteiger partial charge in [-0.2, -0.15) is 0 Å². The Balaban J connectivity index is 2.75. The highest BCUT2D eigenvalue weighted by Crippen LogP contribution is 2.37. The van der Waals surface area contributed by atoms with E-state index in [0.717, 1.165) is 5.56 Å². The summed E-state index contributed by atoms with van der Waals surface area (Å²) in [4.78, 5) is 11.9. The summed E-state index contributed by atoms with van der Waals surface area (Å²) in [5.74, 6) is -5.47. The maximum Gasteiger partial charge on any atom is 0.313 e. The first-order valence-electron chi connectivity index (χ1n) is 7.70. The molecule has 0 aliphatic carbocycles. The second kappa shape index (κ2) is 7.07. The highest BCUT2D eigenvalue weighted by molar-refractivity contribution is 5.80. The van der Waals surface area contributed by atoms with E-state index in [1.807, 2.05) is 0 Å². The molecule has 0 bridgehead atoms. The van der Waals surface area contributed by atoms with Gasteiger partial charge in [-0.05, 0) is 44.4 Å². The molecule has 24 heavy (non-hydrogen) atoms. The van der Waals surface area contributed by atoms with Crippen LogP contribution < -0.4 is 0 Å². The Bertz CT molecular complexity index is 785. The summed E-state index contributed by atoms with van der Waals surface area (Å²) < 4.78 is 48.6. The van der Waals surface area contributed by atoms with Crippen LogP contribution in [0.25, 0.3) is 11.1 Å². The minimum Gasteiger partial charge on any atom is -0.466 e. The lowest BCUT2D eigenvalue weighted by Crippen LogP contribution is -2.18. The van der Waals surface area contributed by atoms with Crippen molar-refractivity contribution >= 4 is 5.97 Å². The molecule has 2 nitrogen and oxygen atoms in total. The third-order valence-electron chi connectivity index (χ3n) is 4.08. The average molecular weight is 336 g/mol. The van der Waals surface area contributed by atoms with Crippen LogP contribution in [-0.2, 0) is 9.53 Å². The first-order valence-corrected chi connectivity index (χ1v) is 7.70. The molecule has 0 aromatic heterocycles. The van der Waals surface area contributed by atoms with Crippen molar-refractivity contribution in [2.24, 2.45) is 0 Å². The van der Waals surface area contributed by atoms with Crippen molar-refractivity contribution < 1.29 is 22.7 Å². The molecule has 0 heterocycles. The van der Waals surface area contributed by atoms with Gasteiger partial charge >= 0.3 is 5.97 Å². The van der Waals surface area contributed by atoms with Gasteiger partial charge in [-0.3, -0.25) is 4.79 Å². The van der Waals surface area contributed by atoms with Crippen LogP contribution in [0.4, 0.5) is 13.2 Å². The van der Waals surface area contributed by atoms with E-state index < -0.39 is 34.9 Å². The summed E-state index contributed by atoms with van der Waals surface area (Å²) in [5, 5.41) is 0. The number of ether oxygens (including phenoxy) is 1. The Morgan fingerprint density at radius 3 is 2.29 bits per heavy atom. The van der Waals surface area contributed by atoms with Gasteiger partial charge in [0.15, 0.2) is 11.6 Å². The monoisotopic (exact) mass is 336 g/mol. The molecule has 0 radical (unpaired) electrons. The topological polar surface area (TPSA) is 26.3 Å². The van der Waals surface area contributed by atoms with Crippen LogP contribution in [0.15, 0.2) is 24.3 Å². The molecule has 5 heteroatoms. The zero-order valence-corrected chi connectivity index (χ0v) is 14.0. The highest BCUT2D eigenvalue weighted by Gasteiger charge is 2.31. The van der Waals surface area contributed by atoms with Gasteiger partial charge in [-0.1, -0.05) is 24.3 Å². The molecule has 128 valence electrons. The van der Waals surface area contributed by atoms with Crippen molar-refractivity contribution in [1.29, 1.82) is 0 Å². The van der Waals surface area contributed by atoms with Gasteiger partial charge in [-0.15, -0.1) is 0 Å². The fraction of sp³-hybridized carbons (Fsp3) is 0.316. The molecule has 2 aromatic carbocycles. The smallest absolute Gasteiger partial charge is 0.313 e. The molecule has 0 aliphatic heterocycles. The number of halogens is 3. The Morgan fingerprint density at radius 1 is 1.08 bits per heavy atom. The lowest BCUT2D eigenvalue weighted by Gasteiger charge is -2.19. The third-order valence-corrected chi connectivity index (χ3v) is 4.08. The summed E-state index contributed by atoms with van der Waals surface area (Å²) in [6.45, 7) is 6.04. The van der Waals surface area contributed by atoms with Crippen molar-refractivity contribution in [2.75, 3.05) is 6.61 Å². The lowest BCUT2D eigenvalue weighted by atomic mass is 9.89. The van der Waals surface area contributed by atoms with Crippen LogP contribution >= 0.6 is 0 Å². The number of rotatable bonds is 4. The van der Waals surface area contributed by atoms with Crippen LogP contribution in [0.5, 0.6) is 0 Å². The minimum atomic E-state index is -1.34. The summed E-state index contributed by atoms with van der Waals surface area (Å²) in [5.41, 5.74) is 0.427. The lowest BCUT2D eigenvalue weighted by molar-refractivity contribution is -0.144. The largest absolute Gasteiger partial charge is 0.466 e. The van der Waals surface area contributed by atoms with E-state index in [0.29, 0.717) is 5.56 Å². The van der Waals surface area contributed by atoms with E-state index in [2.05, 4.69) is 0 Å². The van der Waals surface area contributed by atoms with Crippen LogP contribution in [0, 0.1) is 31.3 Å². The SMILES string of the molecule is CCOC(=O)C(C)c1c(F)c(F)c(C)c(-c2ccccc2C)c1F. The van der Waals surface area contributed by atoms with Crippen molar-refractivity contribution in [2.45, 2.75) is 33.6 Å². The van der Waals surface area contributed by atoms with Crippen LogP contribution in [-0.4, -0.2) is 12.6 Å². The second-order valence-electron chi connectivity index (χ2n) is 5.64. The molecule has 0 amide bonds. The standard InChI is InChI=1S/C19H19F3O2/c1-5-24-19(23)12(4)15-17(21)14(11(3)16(20)18(15)22)13-9-7-6-8-10(13)2/h6-9,12H,5H2,1-4H3. The van der Waals surface area contributed by atoms with E-state index in [9.17, 15) is 13.6 Å². The number of hydrogen-bond donors (Lipinski definition) is 0. The quantitative estimate of drug-likeness (QED) is 0.576. The molecule has 0 fully saturated rings. The molecule has 1 atom stereocenters. The number of aryl methyl sites for hydroxylation is 1. The summed E-state index contributed by atoms with van der Waals surface area (Å²) in [7, 11) is 0. The molecule has 2 rings (SSSR count). The Kier molecular flexibility index (Phi) is 5.32. The van der Waals surface area contributed by atoms with Gasteiger partial charge in [-0.25, -0.2) is 13.2 Å². The zero-order chi connectivity index (χ0) is 18.0. The van der Waals surface area contributed by atoms with Crippen molar-refractivity contribution in [3.63, 3.8) is 0 Å². The molecule has 0 saturated heterocycles. The van der Waals surface area contributed by atoms with Gasteiger partial charge in [0, 0.05) is 11.1 Å². The molecular weight excluding hydrogens is 317 g/mol. The fourth-order valence-electron chi connectivity index (χ4n) is 2.73. The van der Waals surface area contributed by atoms with E-state index in [-0.39, 0.29) is 17.7 Å². The first-order chi connectivity index (χ1) is 11.3. The third kappa shape index (κ3) is 3.03. The number of esters is 1. The minimum absolute atomic E-state index is 0.0295. The Hall–Kier alpha value is -2.30. The Morgan fingerprint density at radius 2 is 1.71 bits per heavy atom. The molecule has 0 aliphatic rings. The molecule has 0 saturated carbocycles. The van der Waals surface area contributed by atoms with Crippen LogP contribution in [0.3, 0.4) is 0 Å². The van der Waals surface area contributed by atoms with E-state index in [1.54, 1.807) is 38.1 Å². The van der Waals surface area contributed by atoms with Gasteiger partial charge in [0.1, 0.15) is 5.82 Å². The normalized spacial score (nSPS) is 12.1. The second-order valence-corrected chi connectivity index (χ2v) is 5.64. The van der Waals surface area contributed by atoms with Crippen LogP contribution in [0.2, 0.25) is 0 Å². The maximum atomic E-state index is 15.1. The molecule has 2 aromatic rings. The maximum absolute atomic E-state index is 15.1. The van der Waals surface area contributed by atoms with E-state index in [1.165, 1.54) is 13.8 Å². The van der Waals surface area contributed by atoms with Gasteiger partial charge in [0.05, 0.1) is 12.5 Å². The van der Waals surface area contributed by atoms with E-state index in [4.69, 9.17) is 4.74 Å². The Labute approximate surface area is 139 Å². The number of benzene rings is 2. The van der Waals surface area contributed by atoms with Gasteiger partial charge < -0.3 is 4.74 Å². The van der Waals surface area contributed by atoms with Gasteiger partial charge in [0.25, 0.3) is 0 Å². The average Bonchev–Trinajstić information content (AvgIpc) is 2.55. The summed E-state index contributed by atoms with van der Waals surface area (Å²) in [6.07, 6.45) is 0. The molecule has 0 spiro atoms. The van der Waals surface area contributed by atoms with Crippen LogP contribution in [0.1, 0.15) is 36.5 Å².